The molecule has 1 saturated carbocycles. The van der Waals surface area contributed by atoms with Crippen molar-refractivity contribution in [1.82, 2.24) is 0 Å². The minimum atomic E-state index is -3.37. The van der Waals surface area contributed by atoms with Gasteiger partial charge in [-0.15, -0.1) is 0 Å². The van der Waals surface area contributed by atoms with E-state index in [1.54, 1.807) is 12.1 Å². The van der Waals surface area contributed by atoms with Crippen LogP contribution in [0.4, 0.5) is 5.69 Å². The van der Waals surface area contributed by atoms with Crippen LogP contribution in [0.5, 0.6) is 0 Å². The van der Waals surface area contributed by atoms with Gasteiger partial charge in [-0.05, 0) is 52.7 Å². The van der Waals surface area contributed by atoms with Gasteiger partial charge >= 0.3 is 7.12 Å². The van der Waals surface area contributed by atoms with Crippen molar-refractivity contribution < 1.29 is 17.7 Å². The fourth-order valence-corrected chi connectivity index (χ4v) is 4.43. The number of anilines is 1. The van der Waals surface area contributed by atoms with Gasteiger partial charge in [-0.25, -0.2) is 8.42 Å². The van der Waals surface area contributed by atoms with Crippen molar-refractivity contribution in [2.75, 3.05) is 5.73 Å². The average molecular weight is 323 g/mol. The third-order valence-electron chi connectivity index (χ3n) is 4.81. The van der Waals surface area contributed by atoms with Crippen LogP contribution in [-0.4, -0.2) is 32.0 Å². The molecule has 1 heterocycles. The number of hydrogen-bond donors (Lipinski definition) is 1. The second-order valence-corrected chi connectivity index (χ2v) is 9.33. The molecule has 0 aromatic heterocycles. The number of hydrogen-bond acceptors (Lipinski definition) is 5. The Balaban J connectivity index is 2.06. The highest BCUT2D eigenvalue weighted by molar-refractivity contribution is 7.92. The first-order chi connectivity index (χ1) is 10.0. The van der Waals surface area contributed by atoms with E-state index in [0.717, 1.165) is 0 Å². The average Bonchev–Trinajstić information content (AvgIpc) is 3.18. The standard InChI is InChI=1S/C15H22BNO4S/c1-14(2)15(3,4)21-16(20-14)12-8-5-10(17)9-13(12)22(18,19)11-6-7-11/h5,8-9,11H,6-7,17H2,1-4H3. The number of rotatable bonds is 3. The predicted octanol–water partition coefficient (Wildman–Crippen LogP) is 1.50. The Kier molecular flexibility index (Phi) is 3.40. The van der Waals surface area contributed by atoms with Gasteiger partial charge in [-0.3, -0.25) is 0 Å². The molecule has 1 aromatic rings. The van der Waals surface area contributed by atoms with Gasteiger partial charge in [0.05, 0.1) is 21.3 Å². The van der Waals surface area contributed by atoms with Crippen LogP contribution >= 0.6 is 0 Å². The zero-order valence-corrected chi connectivity index (χ0v) is 14.2. The lowest BCUT2D eigenvalue weighted by molar-refractivity contribution is 0.00578. The van der Waals surface area contributed by atoms with Crippen molar-refractivity contribution in [3.63, 3.8) is 0 Å². The summed E-state index contributed by atoms with van der Waals surface area (Å²) < 4.78 is 37.4. The van der Waals surface area contributed by atoms with Gasteiger partial charge in [0.2, 0.25) is 0 Å². The van der Waals surface area contributed by atoms with Gasteiger partial charge in [0.1, 0.15) is 0 Å². The molecule has 1 aromatic carbocycles. The van der Waals surface area contributed by atoms with Gasteiger partial charge in [0, 0.05) is 11.2 Å². The maximum atomic E-state index is 12.7. The molecule has 22 heavy (non-hydrogen) atoms. The van der Waals surface area contributed by atoms with Crippen LogP contribution in [-0.2, 0) is 19.1 Å². The molecular formula is C15H22BNO4S. The summed E-state index contributed by atoms with van der Waals surface area (Å²) in [5, 5.41) is -0.296. The van der Waals surface area contributed by atoms with Crippen molar-refractivity contribution in [3.8, 4) is 0 Å². The Morgan fingerprint density at radius 2 is 1.68 bits per heavy atom. The maximum Gasteiger partial charge on any atom is 0.496 e. The molecule has 0 radical (unpaired) electrons. The molecule has 1 aliphatic carbocycles. The van der Waals surface area contributed by atoms with E-state index in [9.17, 15) is 8.42 Å². The van der Waals surface area contributed by atoms with E-state index >= 15 is 0 Å². The normalized spacial score (nSPS) is 23.7. The van der Waals surface area contributed by atoms with Gasteiger partial charge in [-0.1, -0.05) is 6.07 Å². The topological polar surface area (TPSA) is 78.6 Å². The molecule has 2 N–H and O–H groups in total. The molecule has 0 amide bonds. The molecule has 1 aliphatic heterocycles. The second kappa shape index (κ2) is 4.72. The van der Waals surface area contributed by atoms with E-state index in [1.807, 2.05) is 27.7 Å². The van der Waals surface area contributed by atoms with E-state index in [0.29, 0.717) is 24.0 Å². The van der Waals surface area contributed by atoms with Crippen molar-refractivity contribution in [2.24, 2.45) is 0 Å². The van der Waals surface area contributed by atoms with E-state index in [-0.39, 0.29) is 10.1 Å². The van der Waals surface area contributed by atoms with E-state index in [1.165, 1.54) is 6.07 Å². The van der Waals surface area contributed by atoms with Crippen LogP contribution in [0.3, 0.4) is 0 Å². The summed E-state index contributed by atoms with van der Waals surface area (Å²) in [6.45, 7) is 7.78. The highest BCUT2D eigenvalue weighted by Crippen LogP contribution is 2.38. The SMILES string of the molecule is CC1(C)OB(c2ccc(N)cc2S(=O)(=O)C2CC2)OC1(C)C. The summed E-state index contributed by atoms with van der Waals surface area (Å²) >= 11 is 0. The summed E-state index contributed by atoms with van der Waals surface area (Å²) in [6.07, 6.45) is 1.42. The number of sulfone groups is 1. The van der Waals surface area contributed by atoms with Gasteiger partial charge in [0.25, 0.3) is 0 Å². The van der Waals surface area contributed by atoms with Crippen LogP contribution < -0.4 is 11.2 Å². The molecule has 120 valence electrons. The minimum Gasteiger partial charge on any atom is -0.399 e. The number of benzene rings is 1. The third-order valence-corrected chi connectivity index (χ3v) is 7.13. The Bertz CT molecular complexity index is 694. The summed E-state index contributed by atoms with van der Waals surface area (Å²) in [7, 11) is -4.07. The molecule has 1 saturated heterocycles. The molecule has 0 spiro atoms. The van der Waals surface area contributed by atoms with Crippen LogP contribution in [0.25, 0.3) is 0 Å². The predicted molar refractivity (Wildman–Crippen MR) is 86.8 cm³/mol. The molecule has 5 nitrogen and oxygen atoms in total. The van der Waals surface area contributed by atoms with Gasteiger partial charge in [0.15, 0.2) is 9.84 Å². The Labute approximate surface area is 132 Å². The fraction of sp³-hybridized carbons (Fsp3) is 0.600. The Morgan fingerprint density at radius 1 is 1.14 bits per heavy atom. The lowest BCUT2D eigenvalue weighted by Crippen LogP contribution is -2.41. The quantitative estimate of drug-likeness (QED) is 0.674. The molecule has 2 aliphatic rings. The van der Waals surface area contributed by atoms with E-state index < -0.39 is 28.2 Å². The Morgan fingerprint density at radius 3 is 2.18 bits per heavy atom. The zero-order valence-electron chi connectivity index (χ0n) is 13.4. The van der Waals surface area contributed by atoms with E-state index in [2.05, 4.69) is 0 Å². The zero-order chi connectivity index (χ0) is 16.3. The van der Waals surface area contributed by atoms with Crippen molar-refractivity contribution in [2.45, 2.75) is 61.9 Å². The minimum absolute atomic E-state index is 0.244. The summed E-state index contributed by atoms with van der Waals surface area (Å²) in [5.74, 6) is 0. The first-order valence-electron chi connectivity index (χ1n) is 7.53. The fourth-order valence-electron chi connectivity index (χ4n) is 2.52. The molecule has 0 unspecified atom stereocenters. The van der Waals surface area contributed by atoms with E-state index in [4.69, 9.17) is 15.0 Å². The van der Waals surface area contributed by atoms with Crippen LogP contribution in [0.15, 0.2) is 23.1 Å². The van der Waals surface area contributed by atoms with Gasteiger partial charge in [-0.2, -0.15) is 0 Å². The largest absolute Gasteiger partial charge is 0.496 e. The van der Waals surface area contributed by atoms with Gasteiger partial charge < -0.3 is 15.0 Å². The molecule has 0 bridgehead atoms. The molecular weight excluding hydrogens is 301 g/mol. The summed E-state index contributed by atoms with van der Waals surface area (Å²) in [5.41, 5.74) is 5.75. The number of nitrogen functional groups attached to an aromatic ring is 1. The van der Waals surface area contributed by atoms with Crippen molar-refractivity contribution in [1.29, 1.82) is 0 Å². The Hall–Kier alpha value is -1.05. The lowest BCUT2D eigenvalue weighted by atomic mass is 9.79. The first kappa shape index (κ1) is 15.8. The number of nitrogens with two attached hydrogens (primary N) is 1. The third kappa shape index (κ3) is 2.45. The smallest absolute Gasteiger partial charge is 0.399 e. The van der Waals surface area contributed by atoms with Crippen LogP contribution in [0.1, 0.15) is 40.5 Å². The molecule has 3 rings (SSSR count). The molecule has 0 atom stereocenters. The molecule has 7 heteroatoms. The first-order valence-corrected chi connectivity index (χ1v) is 9.08. The van der Waals surface area contributed by atoms with Crippen LogP contribution in [0.2, 0.25) is 0 Å². The highest BCUT2D eigenvalue weighted by Gasteiger charge is 2.53. The van der Waals surface area contributed by atoms with Crippen LogP contribution in [0, 0.1) is 0 Å². The molecule has 2 fully saturated rings. The highest BCUT2D eigenvalue weighted by atomic mass is 32.2. The summed E-state index contributed by atoms with van der Waals surface area (Å²) in [4.78, 5) is 0.244. The van der Waals surface area contributed by atoms with Crippen molar-refractivity contribution >= 4 is 28.1 Å². The van der Waals surface area contributed by atoms with Crippen molar-refractivity contribution in [3.05, 3.63) is 18.2 Å². The maximum absolute atomic E-state index is 12.7. The second-order valence-electron chi connectivity index (χ2n) is 7.13. The monoisotopic (exact) mass is 323 g/mol. The lowest BCUT2D eigenvalue weighted by Gasteiger charge is -2.32. The summed E-state index contributed by atoms with van der Waals surface area (Å²) in [6, 6.07) is 4.91.